The van der Waals surface area contributed by atoms with Gasteiger partial charge in [0.05, 0.1) is 6.61 Å². The maximum absolute atomic E-state index is 6.14. The van der Waals surface area contributed by atoms with E-state index >= 15 is 0 Å². The zero-order chi connectivity index (χ0) is 12.4. The summed E-state index contributed by atoms with van der Waals surface area (Å²) in [6.45, 7) is 12.0. The SMILES string of the molecule is CC(C)(C)[Si](C)(C)OCc1ccncc1Br. The molecule has 0 unspecified atom stereocenters. The number of hydrogen-bond acceptors (Lipinski definition) is 2. The number of aromatic nitrogens is 1. The van der Waals surface area contributed by atoms with Gasteiger partial charge in [0, 0.05) is 16.9 Å². The Balaban J connectivity index is 2.69. The van der Waals surface area contributed by atoms with Crippen molar-refractivity contribution in [1.29, 1.82) is 0 Å². The van der Waals surface area contributed by atoms with E-state index in [0.29, 0.717) is 6.61 Å². The summed E-state index contributed by atoms with van der Waals surface area (Å²) in [4.78, 5) is 4.05. The molecule has 90 valence electrons. The Kier molecular flexibility index (Phi) is 4.32. The molecule has 16 heavy (non-hydrogen) atoms. The highest BCUT2D eigenvalue weighted by Gasteiger charge is 2.37. The van der Waals surface area contributed by atoms with Crippen molar-refractivity contribution >= 4 is 24.2 Å². The lowest BCUT2D eigenvalue weighted by Gasteiger charge is -2.36. The highest BCUT2D eigenvalue weighted by molar-refractivity contribution is 9.10. The van der Waals surface area contributed by atoms with Crippen LogP contribution in [0, 0.1) is 0 Å². The molecule has 0 N–H and O–H groups in total. The standard InChI is InChI=1S/C12H20BrNOSi/c1-12(2,3)16(4,5)15-9-10-6-7-14-8-11(10)13/h6-8H,9H2,1-5H3. The molecule has 0 aliphatic heterocycles. The average Bonchev–Trinajstić information content (AvgIpc) is 2.15. The van der Waals surface area contributed by atoms with Crippen LogP contribution in [0.5, 0.6) is 0 Å². The number of hydrogen-bond donors (Lipinski definition) is 0. The predicted octanol–water partition coefficient (Wildman–Crippen LogP) is 4.37. The summed E-state index contributed by atoms with van der Waals surface area (Å²) in [7, 11) is -1.65. The minimum atomic E-state index is -1.65. The fourth-order valence-corrected chi connectivity index (χ4v) is 2.31. The van der Waals surface area contributed by atoms with Crippen LogP contribution in [0.15, 0.2) is 22.9 Å². The Morgan fingerprint density at radius 1 is 1.38 bits per heavy atom. The first-order valence-corrected chi connectivity index (χ1v) is 9.16. The van der Waals surface area contributed by atoms with Crippen molar-refractivity contribution in [1.82, 2.24) is 4.98 Å². The minimum Gasteiger partial charge on any atom is -0.413 e. The number of nitrogens with zero attached hydrogens (tertiary/aromatic N) is 1. The van der Waals surface area contributed by atoms with E-state index in [1.807, 2.05) is 12.3 Å². The van der Waals surface area contributed by atoms with Gasteiger partial charge in [-0.15, -0.1) is 0 Å². The zero-order valence-corrected chi connectivity index (χ0v) is 13.3. The van der Waals surface area contributed by atoms with Crippen molar-refractivity contribution in [2.45, 2.75) is 45.5 Å². The molecule has 0 bridgehead atoms. The molecule has 1 heterocycles. The van der Waals surface area contributed by atoms with Crippen LogP contribution in [0.3, 0.4) is 0 Å². The van der Waals surface area contributed by atoms with E-state index in [2.05, 4.69) is 54.8 Å². The quantitative estimate of drug-likeness (QED) is 0.774. The van der Waals surface area contributed by atoms with Gasteiger partial charge in [0.15, 0.2) is 8.32 Å². The monoisotopic (exact) mass is 301 g/mol. The molecule has 0 radical (unpaired) electrons. The smallest absolute Gasteiger partial charge is 0.192 e. The molecule has 0 atom stereocenters. The molecule has 0 saturated heterocycles. The largest absolute Gasteiger partial charge is 0.413 e. The highest BCUT2D eigenvalue weighted by atomic mass is 79.9. The lowest BCUT2D eigenvalue weighted by Crippen LogP contribution is -2.40. The number of halogens is 1. The van der Waals surface area contributed by atoms with E-state index in [1.54, 1.807) is 6.20 Å². The van der Waals surface area contributed by atoms with Crippen molar-refractivity contribution in [2.24, 2.45) is 0 Å². The van der Waals surface area contributed by atoms with E-state index in [0.717, 1.165) is 4.47 Å². The first-order valence-electron chi connectivity index (χ1n) is 5.46. The van der Waals surface area contributed by atoms with Gasteiger partial charge in [-0.05, 0) is 45.7 Å². The summed E-state index contributed by atoms with van der Waals surface area (Å²) in [5.41, 5.74) is 1.17. The van der Waals surface area contributed by atoms with Crippen LogP contribution in [-0.2, 0) is 11.0 Å². The summed E-state index contributed by atoms with van der Waals surface area (Å²) in [6, 6.07) is 2.00. The van der Waals surface area contributed by atoms with Gasteiger partial charge >= 0.3 is 0 Å². The van der Waals surface area contributed by atoms with Crippen molar-refractivity contribution in [3.63, 3.8) is 0 Å². The number of rotatable bonds is 3. The van der Waals surface area contributed by atoms with Gasteiger partial charge in [0.2, 0.25) is 0 Å². The summed E-state index contributed by atoms with van der Waals surface area (Å²) >= 11 is 3.49. The maximum atomic E-state index is 6.14. The molecule has 0 fully saturated rings. The van der Waals surface area contributed by atoms with Gasteiger partial charge in [-0.25, -0.2) is 0 Å². The molecule has 1 aromatic rings. The van der Waals surface area contributed by atoms with E-state index in [1.165, 1.54) is 5.56 Å². The molecule has 4 heteroatoms. The normalized spacial score (nSPS) is 12.9. The second-order valence-corrected chi connectivity index (χ2v) is 11.2. The summed E-state index contributed by atoms with van der Waals surface area (Å²) in [5.74, 6) is 0. The molecule has 1 rings (SSSR count). The summed E-state index contributed by atoms with van der Waals surface area (Å²) < 4.78 is 7.16. The summed E-state index contributed by atoms with van der Waals surface area (Å²) in [5, 5.41) is 0.256. The second kappa shape index (κ2) is 4.98. The van der Waals surface area contributed by atoms with E-state index < -0.39 is 8.32 Å². The van der Waals surface area contributed by atoms with Gasteiger partial charge in [0.1, 0.15) is 0 Å². The van der Waals surface area contributed by atoms with Crippen LogP contribution in [0.4, 0.5) is 0 Å². The van der Waals surface area contributed by atoms with Crippen molar-refractivity contribution in [3.05, 3.63) is 28.5 Å². The van der Waals surface area contributed by atoms with Gasteiger partial charge in [0.25, 0.3) is 0 Å². The third kappa shape index (κ3) is 3.40. The van der Waals surface area contributed by atoms with Crippen molar-refractivity contribution < 1.29 is 4.43 Å². The Labute approximate surface area is 108 Å². The fourth-order valence-electron chi connectivity index (χ4n) is 0.996. The van der Waals surface area contributed by atoms with E-state index in [4.69, 9.17) is 4.43 Å². The summed E-state index contributed by atoms with van der Waals surface area (Å²) in [6.07, 6.45) is 3.61. The van der Waals surface area contributed by atoms with Crippen LogP contribution < -0.4 is 0 Å². The van der Waals surface area contributed by atoms with Crippen molar-refractivity contribution in [2.75, 3.05) is 0 Å². The third-order valence-electron chi connectivity index (χ3n) is 3.25. The van der Waals surface area contributed by atoms with Gasteiger partial charge in [-0.3, -0.25) is 4.98 Å². The highest BCUT2D eigenvalue weighted by Crippen LogP contribution is 2.37. The fraction of sp³-hybridized carbons (Fsp3) is 0.583. The minimum absolute atomic E-state index is 0.256. The van der Waals surface area contributed by atoms with Crippen LogP contribution in [0.2, 0.25) is 18.1 Å². The Morgan fingerprint density at radius 3 is 2.50 bits per heavy atom. The van der Waals surface area contributed by atoms with Crippen LogP contribution >= 0.6 is 15.9 Å². The number of pyridine rings is 1. The van der Waals surface area contributed by atoms with Crippen LogP contribution in [0.1, 0.15) is 26.3 Å². The molecule has 0 amide bonds. The van der Waals surface area contributed by atoms with E-state index in [-0.39, 0.29) is 5.04 Å². The van der Waals surface area contributed by atoms with Gasteiger partial charge in [-0.2, -0.15) is 0 Å². The Bertz CT molecular complexity index is 360. The molecule has 2 nitrogen and oxygen atoms in total. The molecule has 0 spiro atoms. The zero-order valence-electron chi connectivity index (χ0n) is 10.7. The average molecular weight is 302 g/mol. The Morgan fingerprint density at radius 2 is 2.00 bits per heavy atom. The van der Waals surface area contributed by atoms with E-state index in [9.17, 15) is 0 Å². The lowest BCUT2D eigenvalue weighted by atomic mass is 10.2. The predicted molar refractivity (Wildman–Crippen MR) is 73.9 cm³/mol. The molecule has 0 saturated carbocycles. The van der Waals surface area contributed by atoms with Gasteiger partial charge < -0.3 is 4.43 Å². The Hall–Kier alpha value is -0.193. The topological polar surface area (TPSA) is 22.1 Å². The molecule has 1 aromatic heterocycles. The first kappa shape index (κ1) is 13.9. The van der Waals surface area contributed by atoms with Crippen LogP contribution in [-0.4, -0.2) is 13.3 Å². The maximum Gasteiger partial charge on any atom is 0.192 e. The van der Waals surface area contributed by atoms with Crippen molar-refractivity contribution in [3.8, 4) is 0 Å². The third-order valence-corrected chi connectivity index (χ3v) is 8.44. The molecule has 0 aliphatic rings. The molecule has 0 aromatic carbocycles. The second-order valence-electron chi connectivity index (χ2n) is 5.52. The molecular weight excluding hydrogens is 282 g/mol. The molecule has 0 aliphatic carbocycles. The van der Waals surface area contributed by atoms with Crippen LogP contribution in [0.25, 0.3) is 0 Å². The molecular formula is C12H20BrNOSi. The first-order chi connectivity index (χ1) is 7.24. The van der Waals surface area contributed by atoms with Gasteiger partial charge in [-0.1, -0.05) is 20.8 Å². The lowest BCUT2D eigenvalue weighted by molar-refractivity contribution is 0.275.